The first kappa shape index (κ1) is 8.72. The van der Waals surface area contributed by atoms with Crippen LogP contribution in [0.15, 0.2) is 6.20 Å². The zero-order valence-electron chi connectivity index (χ0n) is 7.99. The second kappa shape index (κ2) is 3.12. The monoisotopic (exact) mass is 181 g/mol. The van der Waals surface area contributed by atoms with Gasteiger partial charge >= 0.3 is 0 Å². The van der Waals surface area contributed by atoms with Gasteiger partial charge in [0.05, 0.1) is 12.1 Å². The van der Waals surface area contributed by atoms with Crippen molar-refractivity contribution in [1.29, 1.82) is 0 Å². The van der Waals surface area contributed by atoms with E-state index in [9.17, 15) is 5.11 Å². The van der Waals surface area contributed by atoms with Crippen molar-refractivity contribution in [2.45, 2.75) is 25.5 Å². The minimum Gasteiger partial charge on any atom is -0.391 e. The number of aliphatic hydroxyl groups is 1. The van der Waals surface area contributed by atoms with Crippen molar-refractivity contribution in [1.82, 2.24) is 14.9 Å². The second-order valence-corrected chi connectivity index (χ2v) is 3.60. The molecule has 13 heavy (non-hydrogen) atoms. The number of nitrogens with one attached hydrogen (secondary N) is 1. The molecule has 2 rings (SSSR count). The van der Waals surface area contributed by atoms with Gasteiger partial charge in [0.1, 0.15) is 5.82 Å². The van der Waals surface area contributed by atoms with Crippen molar-refractivity contribution in [3.8, 4) is 0 Å². The largest absolute Gasteiger partial charge is 0.391 e. The van der Waals surface area contributed by atoms with Gasteiger partial charge in [-0.05, 0) is 19.9 Å². The van der Waals surface area contributed by atoms with Crippen molar-refractivity contribution in [3.63, 3.8) is 0 Å². The van der Waals surface area contributed by atoms with Crippen LogP contribution in [0.1, 0.15) is 24.0 Å². The Bertz CT molecular complexity index is 308. The van der Waals surface area contributed by atoms with Crippen molar-refractivity contribution >= 4 is 0 Å². The molecule has 0 spiro atoms. The van der Waals surface area contributed by atoms with Crippen LogP contribution >= 0.6 is 0 Å². The van der Waals surface area contributed by atoms with Crippen LogP contribution in [0.2, 0.25) is 0 Å². The van der Waals surface area contributed by atoms with Gasteiger partial charge in [-0.3, -0.25) is 0 Å². The lowest BCUT2D eigenvalue weighted by Crippen LogP contribution is -2.24. The lowest BCUT2D eigenvalue weighted by molar-refractivity contribution is 0.155. The molecule has 72 valence electrons. The molecule has 0 amide bonds. The summed E-state index contributed by atoms with van der Waals surface area (Å²) in [5.41, 5.74) is 1.12. The first-order valence-corrected chi connectivity index (χ1v) is 4.60. The van der Waals surface area contributed by atoms with Crippen molar-refractivity contribution in [2.75, 3.05) is 6.54 Å². The molecule has 1 aliphatic heterocycles. The molecule has 1 aromatic rings. The Hall–Kier alpha value is -0.870. The van der Waals surface area contributed by atoms with E-state index in [1.807, 2.05) is 24.7 Å². The van der Waals surface area contributed by atoms with E-state index >= 15 is 0 Å². The summed E-state index contributed by atoms with van der Waals surface area (Å²) in [5, 5.41) is 12.9. The van der Waals surface area contributed by atoms with Crippen LogP contribution in [0.3, 0.4) is 0 Å². The molecular weight excluding hydrogens is 166 g/mol. The van der Waals surface area contributed by atoms with E-state index in [-0.39, 0.29) is 12.1 Å². The summed E-state index contributed by atoms with van der Waals surface area (Å²) < 4.78 is 2.02. The van der Waals surface area contributed by atoms with Gasteiger partial charge in [0.15, 0.2) is 0 Å². The Morgan fingerprint density at radius 3 is 2.92 bits per heavy atom. The molecule has 1 aliphatic rings. The number of rotatable bonds is 1. The summed E-state index contributed by atoms with van der Waals surface area (Å²) in [6.07, 6.45) is 2.36. The smallest absolute Gasteiger partial charge is 0.128 e. The second-order valence-electron chi connectivity index (χ2n) is 3.60. The standard InChI is InChI=1S/C9H15N3O/c1-6-5-11-9(12(6)2)8-7(13)3-4-10-8/h5,7-8,10,13H,3-4H2,1-2H3. The highest BCUT2D eigenvalue weighted by Gasteiger charge is 2.29. The van der Waals surface area contributed by atoms with Gasteiger partial charge in [0.25, 0.3) is 0 Å². The van der Waals surface area contributed by atoms with Crippen LogP contribution in [0, 0.1) is 6.92 Å². The third kappa shape index (κ3) is 1.36. The van der Waals surface area contributed by atoms with Gasteiger partial charge in [-0.15, -0.1) is 0 Å². The Morgan fingerprint density at radius 1 is 1.69 bits per heavy atom. The van der Waals surface area contributed by atoms with Gasteiger partial charge in [-0.1, -0.05) is 0 Å². The summed E-state index contributed by atoms with van der Waals surface area (Å²) in [4.78, 5) is 4.29. The Labute approximate surface area is 77.6 Å². The lowest BCUT2D eigenvalue weighted by Gasteiger charge is -2.14. The number of aryl methyl sites for hydroxylation is 1. The van der Waals surface area contributed by atoms with E-state index in [1.54, 1.807) is 0 Å². The first-order chi connectivity index (χ1) is 6.20. The highest BCUT2D eigenvalue weighted by molar-refractivity contribution is 5.09. The minimum absolute atomic E-state index is 0.0127. The zero-order chi connectivity index (χ0) is 9.42. The maximum atomic E-state index is 9.66. The van der Waals surface area contributed by atoms with Gasteiger partial charge < -0.3 is 15.0 Å². The number of nitrogens with zero attached hydrogens (tertiary/aromatic N) is 2. The van der Waals surface area contributed by atoms with Crippen LogP contribution < -0.4 is 5.32 Å². The zero-order valence-corrected chi connectivity index (χ0v) is 7.99. The van der Waals surface area contributed by atoms with Gasteiger partial charge in [0, 0.05) is 18.9 Å². The molecule has 4 nitrogen and oxygen atoms in total. The highest BCUT2D eigenvalue weighted by atomic mass is 16.3. The molecule has 1 fully saturated rings. The topological polar surface area (TPSA) is 50.1 Å². The summed E-state index contributed by atoms with van der Waals surface area (Å²) in [7, 11) is 1.98. The molecule has 0 saturated carbocycles. The number of aliphatic hydroxyl groups excluding tert-OH is 1. The van der Waals surface area contributed by atoms with Crippen molar-refractivity contribution in [3.05, 3.63) is 17.7 Å². The molecule has 0 aliphatic carbocycles. The fourth-order valence-corrected chi connectivity index (χ4v) is 1.76. The van der Waals surface area contributed by atoms with Crippen LogP contribution in [0.4, 0.5) is 0 Å². The maximum absolute atomic E-state index is 9.66. The van der Waals surface area contributed by atoms with E-state index < -0.39 is 0 Å². The molecule has 0 aromatic carbocycles. The van der Waals surface area contributed by atoms with Crippen LogP contribution in [0.5, 0.6) is 0 Å². The molecule has 2 N–H and O–H groups in total. The molecule has 1 aromatic heterocycles. The Balaban J connectivity index is 2.29. The third-order valence-electron chi connectivity index (χ3n) is 2.72. The highest BCUT2D eigenvalue weighted by Crippen LogP contribution is 2.22. The molecule has 2 heterocycles. The van der Waals surface area contributed by atoms with E-state index in [1.165, 1.54) is 0 Å². The van der Waals surface area contributed by atoms with E-state index in [2.05, 4.69) is 10.3 Å². The summed E-state index contributed by atoms with van der Waals surface area (Å²) in [6, 6.07) is 0.0127. The van der Waals surface area contributed by atoms with Crippen LogP contribution in [-0.4, -0.2) is 27.3 Å². The SMILES string of the molecule is Cc1cnc(C2NCCC2O)n1C. The Kier molecular flexibility index (Phi) is 2.09. The average molecular weight is 181 g/mol. The summed E-state index contributed by atoms with van der Waals surface area (Å²) in [6.45, 7) is 2.88. The molecule has 0 radical (unpaired) electrons. The van der Waals surface area contributed by atoms with Gasteiger partial charge in [-0.25, -0.2) is 4.98 Å². The van der Waals surface area contributed by atoms with E-state index in [0.717, 1.165) is 24.5 Å². The number of hydrogen-bond acceptors (Lipinski definition) is 3. The molecule has 4 heteroatoms. The van der Waals surface area contributed by atoms with Crippen molar-refractivity contribution in [2.24, 2.45) is 7.05 Å². The quantitative estimate of drug-likeness (QED) is 0.647. The van der Waals surface area contributed by atoms with Crippen molar-refractivity contribution < 1.29 is 5.11 Å². The summed E-state index contributed by atoms with van der Waals surface area (Å²) >= 11 is 0. The van der Waals surface area contributed by atoms with E-state index in [4.69, 9.17) is 0 Å². The fourth-order valence-electron chi connectivity index (χ4n) is 1.76. The van der Waals surface area contributed by atoms with Gasteiger partial charge in [-0.2, -0.15) is 0 Å². The number of imidazole rings is 1. The Morgan fingerprint density at radius 2 is 2.46 bits per heavy atom. The molecule has 2 unspecified atom stereocenters. The molecule has 1 saturated heterocycles. The summed E-state index contributed by atoms with van der Waals surface area (Å²) in [5.74, 6) is 0.933. The van der Waals surface area contributed by atoms with E-state index in [0.29, 0.717) is 0 Å². The molecule has 0 bridgehead atoms. The third-order valence-corrected chi connectivity index (χ3v) is 2.72. The van der Waals surface area contributed by atoms with Crippen LogP contribution in [0.25, 0.3) is 0 Å². The lowest BCUT2D eigenvalue weighted by atomic mass is 10.1. The van der Waals surface area contributed by atoms with Crippen LogP contribution in [-0.2, 0) is 7.05 Å². The van der Waals surface area contributed by atoms with Gasteiger partial charge in [0.2, 0.25) is 0 Å². The average Bonchev–Trinajstić information content (AvgIpc) is 2.62. The number of aromatic nitrogens is 2. The first-order valence-electron chi connectivity index (χ1n) is 4.60. The predicted octanol–water partition coefficient (Wildman–Crippen LogP) is 0.124. The molecule has 2 atom stereocenters. The maximum Gasteiger partial charge on any atom is 0.128 e. The minimum atomic E-state index is -0.291. The number of hydrogen-bond donors (Lipinski definition) is 2. The molecular formula is C9H15N3O. The fraction of sp³-hybridized carbons (Fsp3) is 0.667. The normalized spacial score (nSPS) is 28.2. The predicted molar refractivity (Wildman–Crippen MR) is 49.3 cm³/mol.